The fourth-order valence-electron chi connectivity index (χ4n) is 2.76. The van der Waals surface area contributed by atoms with E-state index in [4.69, 9.17) is 0 Å². The molecule has 3 aromatic carbocycles. The van der Waals surface area contributed by atoms with Gasteiger partial charge in [0, 0.05) is 31.0 Å². The van der Waals surface area contributed by atoms with Gasteiger partial charge in [0.05, 0.1) is 0 Å². The molecule has 0 bridgehead atoms. The van der Waals surface area contributed by atoms with Gasteiger partial charge >= 0.3 is 0 Å². The van der Waals surface area contributed by atoms with Crippen LogP contribution in [0.4, 0.5) is 11.4 Å². The first-order valence-electron chi connectivity index (χ1n) is 8.29. The second-order valence-corrected chi connectivity index (χ2v) is 6.29. The lowest BCUT2D eigenvalue weighted by Crippen LogP contribution is -2.14. The Morgan fingerprint density at radius 3 is 2.36 bits per heavy atom. The number of benzene rings is 3. The maximum Gasteiger partial charge on any atom is 0.255 e. The van der Waals surface area contributed by atoms with E-state index in [9.17, 15) is 4.79 Å². The van der Waals surface area contributed by atoms with Crippen LogP contribution >= 0.6 is 0 Å². The third kappa shape index (κ3) is 3.89. The van der Waals surface area contributed by atoms with Crippen molar-refractivity contribution >= 4 is 17.3 Å². The van der Waals surface area contributed by atoms with E-state index in [1.54, 1.807) is 0 Å². The second-order valence-electron chi connectivity index (χ2n) is 6.29. The molecule has 1 amide bonds. The summed E-state index contributed by atoms with van der Waals surface area (Å²) in [7, 11) is 3.92. The van der Waals surface area contributed by atoms with Gasteiger partial charge in [0.1, 0.15) is 0 Å². The lowest BCUT2D eigenvalue weighted by Gasteiger charge is -2.14. The third-order valence-electron chi connectivity index (χ3n) is 4.20. The van der Waals surface area contributed by atoms with Crippen molar-refractivity contribution in [3.05, 3.63) is 83.9 Å². The molecule has 3 heteroatoms. The topological polar surface area (TPSA) is 32.3 Å². The van der Waals surface area contributed by atoms with E-state index >= 15 is 0 Å². The summed E-state index contributed by atoms with van der Waals surface area (Å²) in [6.45, 7) is 2.08. The minimum Gasteiger partial charge on any atom is -0.378 e. The molecule has 0 heterocycles. The van der Waals surface area contributed by atoms with E-state index in [1.165, 1.54) is 5.56 Å². The Hall–Kier alpha value is -3.07. The summed E-state index contributed by atoms with van der Waals surface area (Å²) in [5, 5.41) is 3.00. The smallest absolute Gasteiger partial charge is 0.255 e. The van der Waals surface area contributed by atoms with Crippen LogP contribution in [0.1, 0.15) is 15.9 Å². The van der Waals surface area contributed by atoms with E-state index in [2.05, 4.69) is 24.4 Å². The summed E-state index contributed by atoms with van der Waals surface area (Å²) in [4.78, 5) is 14.6. The van der Waals surface area contributed by atoms with Gasteiger partial charge in [-0.25, -0.2) is 0 Å². The van der Waals surface area contributed by atoms with Gasteiger partial charge < -0.3 is 10.2 Å². The molecule has 3 rings (SSSR count). The molecule has 3 nitrogen and oxygen atoms in total. The van der Waals surface area contributed by atoms with Gasteiger partial charge in [-0.05, 0) is 53.9 Å². The van der Waals surface area contributed by atoms with Gasteiger partial charge in [-0.3, -0.25) is 4.79 Å². The van der Waals surface area contributed by atoms with Crippen molar-refractivity contribution < 1.29 is 4.79 Å². The standard InChI is InChI=1S/C22H22N2O/c1-16-12-13-19(15-21(16)17-8-5-4-6-9-17)23-22(25)18-10-7-11-20(14-18)24(2)3/h4-15H,1-3H3,(H,23,25). The van der Waals surface area contributed by atoms with Crippen molar-refractivity contribution in [2.45, 2.75) is 6.92 Å². The number of carbonyl (C=O) groups is 1. The monoisotopic (exact) mass is 330 g/mol. The van der Waals surface area contributed by atoms with Crippen molar-refractivity contribution in [3.63, 3.8) is 0 Å². The first kappa shape index (κ1) is 16.8. The molecule has 0 fully saturated rings. The van der Waals surface area contributed by atoms with Crippen LogP contribution in [0.5, 0.6) is 0 Å². The maximum absolute atomic E-state index is 12.6. The highest BCUT2D eigenvalue weighted by Crippen LogP contribution is 2.26. The van der Waals surface area contributed by atoms with Gasteiger partial charge in [-0.2, -0.15) is 0 Å². The summed E-state index contributed by atoms with van der Waals surface area (Å²) >= 11 is 0. The third-order valence-corrected chi connectivity index (χ3v) is 4.20. The van der Waals surface area contributed by atoms with Gasteiger partial charge in [-0.1, -0.05) is 42.5 Å². The largest absolute Gasteiger partial charge is 0.378 e. The Bertz CT molecular complexity index is 886. The van der Waals surface area contributed by atoms with Gasteiger partial charge in [0.25, 0.3) is 5.91 Å². The van der Waals surface area contributed by atoms with E-state index in [-0.39, 0.29) is 5.91 Å². The normalized spacial score (nSPS) is 10.4. The first-order chi connectivity index (χ1) is 12.0. The summed E-state index contributed by atoms with van der Waals surface area (Å²) in [5.41, 5.74) is 5.89. The molecule has 25 heavy (non-hydrogen) atoms. The Labute approximate surface area is 148 Å². The second kappa shape index (κ2) is 7.22. The van der Waals surface area contributed by atoms with Crippen molar-refractivity contribution in [2.75, 3.05) is 24.3 Å². The van der Waals surface area contributed by atoms with E-state index in [1.807, 2.05) is 79.7 Å². The molecule has 0 saturated carbocycles. The van der Waals surface area contributed by atoms with Crippen LogP contribution in [-0.2, 0) is 0 Å². The number of nitrogens with one attached hydrogen (secondary N) is 1. The maximum atomic E-state index is 12.6. The van der Waals surface area contributed by atoms with Crippen LogP contribution in [-0.4, -0.2) is 20.0 Å². The van der Waals surface area contributed by atoms with E-state index in [0.717, 1.165) is 22.5 Å². The summed E-state index contributed by atoms with van der Waals surface area (Å²) in [6.07, 6.45) is 0. The Kier molecular flexibility index (Phi) is 4.85. The average molecular weight is 330 g/mol. The van der Waals surface area contributed by atoms with Gasteiger partial charge in [0.2, 0.25) is 0 Å². The number of anilines is 2. The molecule has 0 aliphatic rings. The molecule has 3 aromatic rings. The molecule has 0 spiro atoms. The molecule has 0 unspecified atom stereocenters. The fraction of sp³-hybridized carbons (Fsp3) is 0.136. The van der Waals surface area contributed by atoms with Crippen molar-refractivity contribution in [1.82, 2.24) is 0 Å². The van der Waals surface area contributed by atoms with E-state index in [0.29, 0.717) is 5.56 Å². The zero-order chi connectivity index (χ0) is 17.8. The van der Waals surface area contributed by atoms with Crippen molar-refractivity contribution in [3.8, 4) is 11.1 Å². The Morgan fingerprint density at radius 2 is 1.64 bits per heavy atom. The number of amides is 1. The minimum absolute atomic E-state index is 0.105. The number of rotatable bonds is 4. The summed E-state index contributed by atoms with van der Waals surface area (Å²) in [5.74, 6) is -0.105. The molecular weight excluding hydrogens is 308 g/mol. The quantitative estimate of drug-likeness (QED) is 0.731. The molecule has 0 aliphatic carbocycles. The zero-order valence-electron chi connectivity index (χ0n) is 14.8. The molecule has 1 N–H and O–H groups in total. The van der Waals surface area contributed by atoms with E-state index < -0.39 is 0 Å². The molecule has 0 radical (unpaired) electrons. The van der Waals surface area contributed by atoms with Crippen molar-refractivity contribution in [1.29, 1.82) is 0 Å². The highest BCUT2D eigenvalue weighted by atomic mass is 16.1. The van der Waals surface area contributed by atoms with Crippen molar-refractivity contribution in [2.24, 2.45) is 0 Å². The van der Waals surface area contributed by atoms with Gasteiger partial charge in [0.15, 0.2) is 0 Å². The Balaban J connectivity index is 1.86. The zero-order valence-corrected chi connectivity index (χ0v) is 14.8. The molecule has 126 valence electrons. The number of carbonyl (C=O) groups excluding carboxylic acids is 1. The van der Waals surface area contributed by atoms with Gasteiger partial charge in [-0.15, -0.1) is 0 Å². The first-order valence-corrected chi connectivity index (χ1v) is 8.29. The van der Waals surface area contributed by atoms with Crippen LogP contribution in [0.3, 0.4) is 0 Å². The van der Waals surface area contributed by atoms with Crippen LogP contribution in [0.2, 0.25) is 0 Å². The number of hydrogen-bond donors (Lipinski definition) is 1. The Morgan fingerprint density at radius 1 is 0.880 bits per heavy atom. The summed E-state index contributed by atoms with van der Waals surface area (Å²) < 4.78 is 0. The van der Waals surface area contributed by atoms with Crippen LogP contribution in [0.25, 0.3) is 11.1 Å². The number of aryl methyl sites for hydroxylation is 1. The predicted octanol–water partition coefficient (Wildman–Crippen LogP) is 4.98. The molecular formula is C22H22N2O. The number of nitrogens with zero attached hydrogens (tertiary/aromatic N) is 1. The van der Waals surface area contributed by atoms with Crippen LogP contribution in [0.15, 0.2) is 72.8 Å². The fourth-order valence-corrected chi connectivity index (χ4v) is 2.76. The average Bonchev–Trinajstić information content (AvgIpc) is 2.64. The lowest BCUT2D eigenvalue weighted by atomic mass is 10.00. The van der Waals surface area contributed by atoms with Crippen LogP contribution in [0, 0.1) is 6.92 Å². The molecule has 0 aliphatic heterocycles. The SMILES string of the molecule is Cc1ccc(NC(=O)c2cccc(N(C)C)c2)cc1-c1ccccc1. The number of hydrogen-bond acceptors (Lipinski definition) is 2. The molecule has 0 atom stereocenters. The summed E-state index contributed by atoms with van der Waals surface area (Å²) in [6, 6.07) is 23.8. The predicted molar refractivity (Wildman–Crippen MR) is 105 cm³/mol. The molecule has 0 aromatic heterocycles. The van der Waals surface area contributed by atoms with Crippen LogP contribution < -0.4 is 10.2 Å². The minimum atomic E-state index is -0.105. The molecule has 0 saturated heterocycles. The highest BCUT2D eigenvalue weighted by molar-refractivity contribution is 6.05. The lowest BCUT2D eigenvalue weighted by molar-refractivity contribution is 0.102. The highest BCUT2D eigenvalue weighted by Gasteiger charge is 2.09.